The standard InChI is InChI=1S/La.2O.V. The third-order valence-electron chi connectivity index (χ3n) is 0. The first kappa shape index (κ1) is 9.03. The molecule has 0 aliphatic rings. The van der Waals surface area contributed by atoms with Gasteiger partial charge in [0.05, 0.1) is 0 Å². The topological polar surface area (TPSA) is 34.1 Å². The van der Waals surface area contributed by atoms with E-state index in [9.17, 15) is 0 Å². The van der Waals surface area contributed by atoms with Crippen LogP contribution in [0.25, 0.3) is 0 Å². The average Bonchev–Trinajstić information content (AvgIpc) is 1.50. The van der Waals surface area contributed by atoms with E-state index >= 15 is 0 Å². The van der Waals surface area contributed by atoms with Crippen LogP contribution in [-0.2, 0) is 22.7 Å². The molecule has 0 bridgehead atoms. The first-order valence-electron chi connectivity index (χ1n) is 0.418. The summed E-state index contributed by atoms with van der Waals surface area (Å²) in [6, 6.07) is 0. The molecule has 0 N–H and O–H groups in total. The molecule has 0 aliphatic heterocycles. The van der Waals surface area contributed by atoms with Gasteiger partial charge < -0.3 is 0 Å². The molecule has 0 aliphatic carbocycles. The second-order valence-electron chi connectivity index (χ2n) is 0. The average molecular weight is 222 g/mol. The fraction of sp³-hybridized carbons (Fsp3) is 0. The van der Waals surface area contributed by atoms with Crippen LogP contribution in [0.5, 0.6) is 0 Å². The van der Waals surface area contributed by atoms with Crippen molar-refractivity contribution in [3.8, 4) is 0 Å². The zero-order valence-electron chi connectivity index (χ0n) is 1.84. The fourth-order valence-electron chi connectivity index (χ4n) is 0. The van der Waals surface area contributed by atoms with Gasteiger partial charge in [-0.1, -0.05) is 0 Å². The van der Waals surface area contributed by atoms with Crippen LogP contribution in [-0.4, -0.2) is 0 Å². The minimum atomic E-state index is -0.0833. The zero-order valence-corrected chi connectivity index (χ0v) is 6.86. The van der Waals surface area contributed by atoms with Gasteiger partial charge in [-0.3, -0.25) is 0 Å². The van der Waals surface area contributed by atoms with Crippen LogP contribution in [0.2, 0.25) is 0 Å². The molecule has 0 aromatic heterocycles. The summed E-state index contributed by atoms with van der Waals surface area (Å²) in [6.45, 7) is 0. The Labute approximate surface area is 55.9 Å². The Bertz CT molecular complexity index is 8.00. The van der Waals surface area contributed by atoms with Crippen LogP contribution < -0.4 is 0 Å². The van der Waals surface area contributed by atoms with Crippen LogP contribution >= 0.6 is 0 Å². The molecule has 0 aromatic carbocycles. The van der Waals surface area contributed by atoms with E-state index in [-0.39, 0.29) is 33.8 Å². The number of rotatable bonds is 0. The molecule has 2 nitrogen and oxygen atoms in total. The second kappa shape index (κ2) is 26.3. The SMILES string of the molecule is [O]=[La].[O]=[V]. The molecule has 0 radical (unpaired) electrons. The number of hydrogen-bond acceptors (Lipinski definition) is 2. The van der Waals surface area contributed by atoms with Crippen LogP contribution in [0.1, 0.15) is 0 Å². The Balaban J connectivity index is 0. The minimum absolute atomic E-state index is 0.0833. The maximum absolute atomic E-state index is 8.42. The van der Waals surface area contributed by atoms with Gasteiger partial charge >= 0.3 is 56.5 Å². The van der Waals surface area contributed by atoms with Gasteiger partial charge in [-0.15, -0.1) is 0 Å². The first-order chi connectivity index (χ1) is 2.00. The molecule has 0 amide bonds. The summed E-state index contributed by atoms with van der Waals surface area (Å²) < 4.78 is 16.6. The molecule has 0 saturated heterocycles. The van der Waals surface area contributed by atoms with Crippen LogP contribution in [0.15, 0.2) is 0 Å². The van der Waals surface area contributed by atoms with Crippen LogP contribution in [0.3, 0.4) is 0 Å². The van der Waals surface area contributed by atoms with E-state index in [2.05, 4.69) is 0 Å². The van der Waals surface area contributed by atoms with E-state index in [0.717, 1.165) is 17.4 Å². The van der Waals surface area contributed by atoms with Crippen molar-refractivity contribution in [1.82, 2.24) is 0 Å². The Kier molecular flexibility index (Phi) is 59.4. The van der Waals surface area contributed by atoms with Crippen molar-refractivity contribution in [1.29, 1.82) is 0 Å². The Morgan fingerprint density at radius 3 is 1.25 bits per heavy atom. The summed E-state index contributed by atoms with van der Waals surface area (Å²) in [5.74, 6) is 0. The van der Waals surface area contributed by atoms with Gasteiger partial charge in [0, 0.05) is 0 Å². The predicted octanol–water partition coefficient (Wildman–Crippen LogP) is -0.240. The Morgan fingerprint density at radius 1 is 1.25 bits per heavy atom. The second-order valence-corrected chi connectivity index (χ2v) is 0. The third-order valence-corrected chi connectivity index (χ3v) is 0. The quantitative estimate of drug-likeness (QED) is 0.566. The zero-order chi connectivity index (χ0) is 4.00. The molecule has 0 rings (SSSR count). The molecule has 20 valence electrons. The summed E-state index contributed by atoms with van der Waals surface area (Å²) in [7, 11) is 0. The molecular weight excluding hydrogens is 222 g/mol. The molecular formula is LaO2V. The van der Waals surface area contributed by atoms with Crippen molar-refractivity contribution in [2.45, 2.75) is 0 Å². The molecule has 0 atom stereocenters. The first-order valence-corrected chi connectivity index (χ1v) is 2.47. The van der Waals surface area contributed by atoms with Crippen molar-refractivity contribution in [2.75, 3.05) is 0 Å². The number of hydrogen-bond donors (Lipinski definition) is 0. The van der Waals surface area contributed by atoms with E-state index in [0.29, 0.717) is 0 Å². The van der Waals surface area contributed by atoms with Crippen molar-refractivity contribution < 1.29 is 56.5 Å². The molecule has 4 heteroatoms. The fourth-order valence-corrected chi connectivity index (χ4v) is 0. The van der Waals surface area contributed by atoms with Gasteiger partial charge in [-0.2, -0.15) is 0 Å². The van der Waals surface area contributed by atoms with Crippen LogP contribution in [0.4, 0.5) is 0 Å². The molecule has 0 aromatic rings. The third kappa shape index (κ3) is 10.1. The summed E-state index contributed by atoms with van der Waals surface area (Å²) in [5.41, 5.74) is 0. The molecule has 0 unspecified atom stereocenters. The van der Waals surface area contributed by atoms with Crippen molar-refractivity contribution in [2.24, 2.45) is 0 Å². The normalized spacial score (nSPS) is 2.25. The molecule has 0 spiro atoms. The van der Waals surface area contributed by atoms with Gasteiger partial charge in [0.2, 0.25) is 0 Å². The van der Waals surface area contributed by atoms with Crippen molar-refractivity contribution in [3.05, 3.63) is 0 Å². The van der Waals surface area contributed by atoms with E-state index in [4.69, 9.17) is 5.37 Å². The summed E-state index contributed by atoms with van der Waals surface area (Å²) >= 11 is 0.979. The van der Waals surface area contributed by atoms with Crippen molar-refractivity contribution >= 4 is 0 Å². The van der Waals surface area contributed by atoms with Gasteiger partial charge in [0.25, 0.3) is 0 Å². The monoisotopic (exact) mass is 222 g/mol. The molecule has 0 heterocycles. The molecule has 0 saturated carbocycles. The van der Waals surface area contributed by atoms with Crippen LogP contribution in [0, 0.1) is 33.8 Å². The Hall–Kier alpha value is 1.38. The Morgan fingerprint density at radius 2 is 1.25 bits per heavy atom. The van der Waals surface area contributed by atoms with E-state index in [1.807, 2.05) is 0 Å². The van der Waals surface area contributed by atoms with Gasteiger partial charge in [0.15, 0.2) is 0 Å². The summed E-state index contributed by atoms with van der Waals surface area (Å²) in [5, 5.41) is 0. The van der Waals surface area contributed by atoms with Gasteiger partial charge in [-0.05, 0) is 0 Å². The molecule has 4 heavy (non-hydrogen) atoms. The summed E-state index contributed by atoms with van der Waals surface area (Å²) in [4.78, 5) is 0. The van der Waals surface area contributed by atoms with E-state index < -0.39 is 0 Å². The van der Waals surface area contributed by atoms with Gasteiger partial charge in [0.1, 0.15) is 0 Å². The van der Waals surface area contributed by atoms with Crippen molar-refractivity contribution in [3.63, 3.8) is 0 Å². The maximum atomic E-state index is 8.42. The van der Waals surface area contributed by atoms with E-state index in [1.54, 1.807) is 0 Å². The molecule has 0 fully saturated rings. The predicted molar refractivity (Wildman–Crippen MR) is 1.37 cm³/mol. The van der Waals surface area contributed by atoms with E-state index in [1.165, 1.54) is 0 Å². The van der Waals surface area contributed by atoms with Gasteiger partial charge in [-0.25, -0.2) is 0 Å². The summed E-state index contributed by atoms with van der Waals surface area (Å²) in [6.07, 6.45) is 0.